The Bertz CT molecular complexity index is 294. The summed E-state index contributed by atoms with van der Waals surface area (Å²) in [5.41, 5.74) is -0.179. The summed E-state index contributed by atoms with van der Waals surface area (Å²) < 4.78 is 0. The van der Waals surface area contributed by atoms with Gasteiger partial charge in [-0.25, -0.2) is 4.79 Å². The molecule has 0 amide bonds. The van der Waals surface area contributed by atoms with Gasteiger partial charge >= 0.3 is 5.97 Å². The van der Waals surface area contributed by atoms with Crippen LogP contribution in [0.3, 0.4) is 0 Å². The highest BCUT2D eigenvalue weighted by atomic mass is 17.2. The SMILES string of the molecule is CC(C)(C)CCCC#CC(=O)OOC(C)(C)C. The van der Waals surface area contributed by atoms with Gasteiger partial charge in [-0.15, -0.1) is 0 Å². The highest BCUT2D eigenvalue weighted by Gasteiger charge is 2.14. The quantitative estimate of drug-likeness (QED) is 0.328. The summed E-state index contributed by atoms with van der Waals surface area (Å²) in [5.74, 6) is 4.57. The summed E-state index contributed by atoms with van der Waals surface area (Å²) in [7, 11) is 0. The normalized spacial score (nSPS) is 11.6. The first-order valence-corrected chi connectivity index (χ1v) is 5.99. The average Bonchev–Trinajstić information content (AvgIpc) is 2.11. The second-order valence-corrected chi connectivity index (χ2v) is 6.28. The fourth-order valence-electron chi connectivity index (χ4n) is 1.03. The van der Waals surface area contributed by atoms with Crippen LogP contribution in [-0.4, -0.2) is 11.6 Å². The predicted octanol–water partition coefficient (Wildman–Crippen LogP) is 3.48. The summed E-state index contributed by atoms with van der Waals surface area (Å²) in [6.07, 6.45) is 2.79. The summed E-state index contributed by atoms with van der Waals surface area (Å²) >= 11 is 0. The van der Waals surface area contributed by atoms with Crippen molar-refractivity contribution < 1.29 is 14.6 Å². The molecular formula is C14H24O3. The molecule has 0 aromatic carbocycles. The van der Waals surface area contributed by atoms with Crippen LogP contribution in [0.2, 0.25) is 0 Å². The summed E-state index contributed by atoms with van der Waals surface area (Å²) in [5, 5.41) is 0. The molecule has 0 N–H and O–H groups in total. The maximum Gasteiger partial charge on any atom is 0.416 e. The van der Waals surface area contributed by atoms with Gasteiger partial charge in [0.1, 0.15) is 5.60 Å². The number of unbranched alkanes of at least 4 members (excludes halogenated alkanes) is 1. The molecule has 0 aromatic heterocycles. The molecule has 0 heterocycles. The van der Waals surface area contributed by atoms with Crippen LogP contribution in [0.5, 0.6) is 0 Å². The minimum absolute atomic E-state index is 0.317. The Morgan fingerprint density at radius 1 is 1.12 bits per heavy atom. The highest BCUT2D eigenvalue weighted by molar-refractivity contribution is 5.87. The van der Waals surface area contributed by atoms with Gasteiger partial charge in [0.05, 0.1) is 0 Å². The summed E-state index contributed by atoms with van der Waals surface area (Å²) in [6, 6.07) is 0. The molecular weight excluding hydrogens is 216 g/mol. The fourth-order valence-corrected chi connectivity index (χ4v) is 1.03. The zero-order valence-electron chi connectivity index (χ0n) is 11.8. The van der Waals surface area contributed by atoms with Crippen molar-refractivity contribution in [1.29, 1.82) is 0 Å². The summed E-state index contributed by atoms with van der Waals surface area (Å²) in [4.78, 5) is 20.5. The van der Waals surface area contributed by atoms with E-state index in [4.69, 9.17) is 4.89 Å². The number of rotatable bonds is 3. The van der Waals surface area contributed by atoms with Gasteiger partial charge in [-0.1, -0.05) is 26.7 Å². The summed E-state index contributed by atoms with van der Waals surface area (Å²) in [6.45, 7) is 12.0. The fraction of sp³-hybridized carbons (Fsp3) is 0.786. The number of hydrogen-bond donors (Lipinski definition) is 0. The molecule has 0 saturated heterocycles. The monoisotopic (exact) mass is 240 g/mol. The first kappa shape index (κ1) is 16.0. The van der Waals surface area contributed by atoms with Crippen molar-refractivity contribution in [3.63, 3.8) is 0 Å². The van der Waals surface area contributed by atoms with Crippen LogP contribution < -0.4 is 0 Å². The van der Waals surface area contributed by atoms with Gasteiger partial charge in [0.2, 0.25) is 0 Å². The molecule has 3 heteroatoms. The minimum Gasteiger partial charge on any atom is -0.283 e. The van der Waals surface area contributed by atoms with Gasteiger partial charge in [-0.2, -0.15) is 4.89 Å². The maximum atomic E-state index is 11.1. The molecule has 0 aromatic rings. The third kappa shape index (κ3) is 12.9. The smallest absolute Gasteiger partial charge is 0.283 e. The van der Waals surface area contributed by atoms with Crippen LogP contribution in [0.15, 0.2) is 0 Å². The number of carbonyl (C=O) groups is 1. The number of hydrogen-bond acceptors (Lipinski definition) is 3. The van der Waals surface area contributed by atoms with Gasteiger partial charge in [-0.3, -0.25) is 4.89 Å². The minimum atomic E-state index is -0.629. The van der Waals surface area contributed by atoms with Crippen molar-refractivity contribution in [2.75, 3.05) is 0 Å². The lowest BCUT2D eigenvalue weighted by molar-refractivity contribution is -0.315. The first-order valence-electron chi connectivity index (χ1n) is 5.99. The van der Waals surface area contributed by atoms with E-state index in [0.29, 0.717) is 11.8 Å². The molecule has 0 aliphatic rings. The predicted molar refractivity (Wildman–Crippen MR) is 68.0 cm³/mol. The third-order valence-corrected chi connectivity index (χ3v) is 1.79. The van der Waals surface area contributed by atoms with Crippen LogP contribution in [0.25, 0.3) is 0 Å². The molecule has 0 unspecified atom stereocenters. The Balaban J connectivity index is 3.76. The highest BCUT2D eigenvalue weighted by Crippen LogP contribution is 2.21. The van der Waals surface area contributed by atoms with Gasteiger partial charge in [0.15, 0.2) is 0 Å². The van der Waals surface area contributed by atoms with E-state index in [1.54, 1.807) is 20.8 Å². The van der Waals surface area contributed by atoms with Gasteiger partial charge in [0.25, 0.3) is 0 Å². The second-order valence-electron chi connectivity index (χ2n) is 6.28. The molecule has 98 valence electrons. The molecule has 0 aliphatic heterocycles. The van der Waals surface area contributed by atoms with Crippen molar-refractivity contribution in [3.8, 4) is 11.8 Å². The van der Waals surface area contributed by atoms with E-state index in [0.717, 1.165) is 12.8 Å². The van der Waals surface area contributed by atoms with E-state index in [9.17, 15) is 4.79 Å². The molecule has 0 spiro atoms. The molecule has 0 aliphatic carbocycles. The molecule has 0 bridgehead atoms. The molecule has 0 radical (unpaired) electrons. The van der Waals surface area contributed by atoms with Gasteiger partial charge < -0.3 is 0 Å². The van der Waals surface area contributed by atoms with Crippen LogP contribution in [0, 0.1) is 17.3 Å². The Morgan fingerprint density at radius 2 is 1.71 bits per heavy atom. The van der Waals surface area contributed by atoms with Gasteiger partial charge in [0, 0.05) is 12.3 Å². The molecule has 0 saturated carbocycles. The second kappa shape index (κ2) is 6.66. The van der Waals surface area contributed by atoms with E-state index < -0.39 is 11.6 Å². The first-order chi connectivity index (χ1) is 7.60. The van der Waals surface area contributed by atoms with Gasteiger partial charge in [-0.05, 0) is 39.0 Å². The zero-order chi connectivity index (χ0) is 13.5. The lowest BCUT2D eigenvalue weighted by atomic mass is 9.90. The van der Waals surface area contributed by atoms with E-state index in [1.165, 1.54) is 0 Å². The van der Waals surface area contributed by atoms with E-state index in [1.807, 2.05) is 0 Å². The molecule has 0 rings (SSSR count). The van der Waals surface area contributed by atoms with Crippen molar-refractivity contribution >= 4 is 5.97 Å². The lowest BCUT2D eigenvalue weighted by Gasteiger charge is -2.16. The van der Waals surface area contributed by atoms with Crippen LogP contribution in [-0.2, 0) is 14.6 Å². The Morgan fingerprint density at radius 3 is 2.18 bits per heavy atom. The molecule has 0 atom stereocenters. The molecule has 0 fully saturated rings. The van der Waals surface area contributed by atoms with Crippen LogP contribution >= 0.6 is 0 Å². The Kier molecular flexibility index (Phi) is 6.26. The van der Waals surface area contributed by atoms with Crippen molar-refractivity contribution in [3.05, 3.63) is 0 Å². The lowest BCUT2D eigenvalue weighted by Crippen LogP contribution is -2.21. The number of carbonyl (C=O) groups excluding carboxylic acids is 1. The van der Waals surface area contributed by atoms with Crippen LogP contribution in [0.4, 0.5) is 0 Å². The van der Waals surface area contributed by atoms with Crippen molar-refractivity contribution in [1.82, 2.24) is 0 Å². The zero-order valence-corrected chi connectivity index (χ0v) is 11.8. The third-order valence-electron chi connectivity index (χ3n) is 1.79. The van der Waals surface area contributed by atoms with Crippen molar-refractivity contribution in [2.45, 2.75) is 66.4 Å². The molecule has 3 nitrogen and oxygen atoms in total. The largest absolute Gasteiger partial charge is 0.416 e. The standard InChI is InChI=1S/C14H24O3/c1-13(2,3)11-9-7-8-10-12(15)16-17-14(4,5)6/h7,9,11H2,1-6H3. The maximum absolute atomic E-state index is 11.1. The van der Waals surface area contributed by atoms with Crippen molar-refractivity contribution in [2.24, 2.45) is 5.41 Å². The Hall–Kier alpha value is -1.01. The topological polar surface area (TPSA) is 35.5 Å². The molecule has 17 heavy (non-hydrogen) atoms. The average molecular weight is 240 g/mol. The van der Waals surface area contributed by atoms with Crippen LogP contribution in [0.1, 0.15) is 60.8 Å². The van der Waals surface area contributed by atoms with E-state index in [-0.39, 0.29) is 0 Å². The van der Waals surface area contributed by atoms with E-state index >= 15 is 0 Å². The Labute approximate surface area is 105 Å². The van der Waals surface area contributed by atoms with E-state index in [2.05, 4.69) is 37.5 Å².